The second-order valence-electron chi connectivity index (χ2n) is 21.6. The molecular weight excluding hydrogens is 973 g/mol. The fourth-order valence-corrected chi connectivity index (χ4v) is 9.74. The number of nitrogens with zero attached hydrogens (tertiary/aromatic N) is 2. The van der Waals surface area contributed by atoms with Crippen LogP contribution in [0.4, 0.5) is 4.79 Å². The summed E-state index contributed by atoms with van der Waals surface area (Å²) < 4.78 is 39.9. The number of carbonyl (C=O) groups is 7. The smallest absolute Gasteiger partial charge is 0.410 e. The zero-order valence-corrected chi connectivity index (χ0v) is 48.2. The van der Waals surface area contributed by atoms with Crippen molar-refractivity contribution in [2.75, 3.05) is 65.9 Å². The number of ether oxygens (including phenoxy) is 7. The van der Waals surface area contributed by atoms with Gasteiger partial charge in [-0.15, -0.1) is 0 Å². The van der Waals surface area contributed by atoms with Gasteiger partial charge in [0.15, 0.2) is 0 Å². The van der Waals surface area contributed by atoms with Crippen LogP contribution in [0.3, 0.4) is 0 Å². The van der Waals surface area contributed by atoms with Crippen LogP contribution < -0.4 is 0 Å². The number of hydrogen-bond donors (Lipinski definition) is 0. The minimum absolute atomic E-state index is 0.107. The number of unbranched alkanes of at least 4 members (excludes halogenated alkanes) is 20. The Morgan fingerprint density at radius 3 is 1.03 bits per heavy atom. The molecule has 0 radical (unpaired) electrons. The molecule has 2 fully saturated rings. The van der Waals surface area contributed by atoms with Crippen molar-refractivity contribution < 1.29 is 66.7 Å². The third kappa shape index (κ3) is 35.5. The molecule has 0 N–H and O–H groups in total. The highest BCUT2D eigenvalue weighted by molar-refractivity contribution is 5.73. The molecule has 76 heavy (non-hydrogen) atoms. The van der Waals surface area contributed by atoms with Gasteiger partial charge in [0.05, 0.1) is 51.4 Å². The zero-order valence-electron chi connectivity index (χ0n) is 48.2. The van der Waals surface area contributed by atoms with Crippen LogP contribution in [0.15, 0.2) is 0 Å². The first kappa shape index (κ1) is 68.2. The average molecular weight is 1080 g/mol. The van der Waals surface area contributed by atoms with Gasteiger partial charge in [-0.05, 0) is 64.5 Å². The molecule has 440 valence electrons. The van der Waals surface area contributed by atoms with Gasteiger partial charge in [-0.1, -0.05) is 163 Å². The summed E-state index contributed by atoms with van der Waals surface area (Å²) in [6, 6.07) is -1.16. The van der Waals surface area contributed by atoms with E-state index in [2.05, 4.69) is 32.6 Å². The monoisotopic (exact) mass is 1080 g/mol. The summed E-state index contributed by atoms with van der Waals surface area (Å²) >= 11 is 0. The second kappa shape index (κ2) is 46.0. The minimum Gasteiger partial charge on any atom is -0.465 e. The van der Waals surface area contributed by atoms with E-state index in [1.54, 1.807) is 0 Å². The molecule has 0 aromatic rings. The van der Waals surface area contributed by atoms with E-state index in [-0.39, 0.29) is 109 Å². The second-order valence-corrected chi connectivity index (χ2v) is 21.6. The highest BCUT2D eigenvalue weighted by Crippen LogP contribution is 2.27. The lowest BCUT2D eigenvalue weighted by Gasteiger charge is -2.30. The molecule has 16 nitrogen and oxygen atoms in total. The van der Waals surface area contributed by atoms with E-state index < -0.39 is 42.0 Å². The number of carbonyl (C=O) groups excluding carboxylic acids is 7. The van der Waals surface area contributed by atoms with E-state index >= 15 is 0 Å². The number of piperidine rings is 1. The third-order valence-corrected chi connectivity index (χ3v) is 14.6. The van der Waals surface area contributed by atoms with Crippen LogP contribution in [0.5, 0.6) is 0 Å². The highest BCUT2D eigenvalue weighted by Gasteiger charge is 2.40. The molecule has 0 aliphatic carbocycles. The minimum atomic E-state index is -0.627. The molecule has 2 heterocycles. The lowest BCUT2D eigenvalue weighted by Crippen LogP contribution is -2.46. The Morgan fingerprint density at radius 1 is 0.382 bits per heavy atom. The Bertz CT molecular complexity index is 1400. The molecule has 16 heteroatoms. The predicted molar refractivity (Wildman–Crippen MR) is 294 cm³/mol. The van der Waals surface area contributed by atoms with Crippen molar-refractivity contribution in [1.29, 1.82) is 0 Å². The zero-order chi connectivity index (χ0) is 55.3. The maximum atomic E-state index is 13.9. The number of esters is 6. The van der Waals surface area contributed by atoms with Crippen molar-refractivity contribution in [2.45, 2.75) is 265 Å². The fourth-order valence-electron chi connectivity index (χ4n) is 9.74. The maximum Gasteiger partial charge on any atom is 0.410 e. The van der Waals surface area contributed by atoms with E-state index in [1.165, 1.54) is 37.0 Å². The normalized spacial score (nSPS) is 15.7. The topological polar surface area (TPSA) is 191 Å². The number of hydrogen-bond acceptors (Lipinski definition) is 15. The summed E-state index contributed by atoms with van der Waals surface area (Å²) in [4.78, 5) is 95.6. The van der Waals surface area contributed by atoms with Crippen LogP contribution in [0.25, 0.3) is 0 Å². The van der Waals surface area contributed by atoms with Crippen LogP contribution in [-0.4, -0.2) is 130 Å². The SMILES string of the molecule is CCCCCCCCC(=O)OCC(COC(=O)CCCCCCCC)CC(=O)OC[C@H]1CC[C@@H](COC(=O)CC(COC(=O)CCCCCCCC)COC(=O)CCCCCCCC)N1C(=O)OCCN1CCCCC1. The highest BCUT2D eigenvalue weighted by atomic mass is 16.6. The van der Waals surface area contributed by atoms with Crippen molar-refractivity contribution in [3.05, 3.63) is 0 Å². The first-order valence-corrected chi connectivity index (χ1v) is 30.6. The summed E-state index contributed by atoms with van der Waals surface area (Å²) in [5, 5.41) is 0. The van der Waals surface area contributed by atoms with E-state index in [0.29, 0.717) is 19.4 Å². The molecule has 0 unspecified atom stereocenters. The van der Waals surface area contributed by atoms with Gasteiger partial charge >= 0.3 is 41.9 Å². The summed E-state index contributed by atoms with van der Waals surface area (Å²) in [5.74, 6) is -3.89. The molecule has 2 atom stereocenters. The molecule has 2 rings (SSSR count). The predicted octanol–water partition coefficient (Wildman–Crippen LogP) is 12.7. The van der Waals surface area contributed by atoms with Crippen LogP contribution in [0.2, 0.25) is 0 Å². The summed E-state index contributed by atoms with van der Waals surface area (Å²) in [6.45, 7) is 10.5. The Kier molecular flexibility index (Phi) is 41.3. The summed E-state index contributed by atoms with van der Waals surface area (Å²) in [7, 11) is 0. The summed E-state index contributed by atoms with van der Waals surface area (Å²) in [5.41, 5.74) is 0. The van der Waals surface area contributed by atoms with Crippen molar-refractivity contribution in [2.24, 2.45) is 11.8 Å². The maximum absolute atomic E-state index is 13.9. The van der Waals surface area contributed by atoms with Gasteiger partial charge in [-0.2, -0.15) is 0 Å². The molecule has 0 aromatic heterocycles. The number of amides is 1. The van der Waals surface area contributed by atoms with Gasteiger partial charge in [-0.3, -0.25) is 38.6 Å². The van der Waals surface area contributed by atoms with Gasteiger partial charge in [0.25, 0.3) is 0 Å². The number of likely N-dealkylation sites (tertiary alicyclic amines) is 2. The Morgan fingerprint density at radius 2 is 0.697 bits per heavy atom. The molecule has 0 spiro atoms. The quantitative estimate of drug-likeness (QED) is 0.0317. The third-order valence-electron chi connectivity index (χ3n) is 14.6. The standard InChI is InChI=1S/C60H106N2O14/c1-5-9-13-17-21-26-32-54(63)71-44-50(45-72-55(64)33-27-22-18-14-10-6-2)42-58(67)75-48-52-36-37-53(62(52)60(69)70-41-40-61-38-30-25-31-39-61)49-76-59(68)43-51(46-73-56(65)34-28-23-19-15-11-7-3)47-74-57(66)35-29-24-20-16-12-8-4/h50-53H,5-49H2,1-4H3/t52-,53+. The Labute approximate surface area is 459 Å². The molecule has 0 aromatic carbocycles. The Hall–Kier alpha value is -3.95. The molecule has 2 aliphatic heterocycles. The average Bonchev–Trinajstić information content (AvgIpc) is 3.83. The van der Waals surface area contributed by atoms with Crippen molar-refractivity contribution in [3.63, 3.8) is 0 Å². The van der Waals surface area contributed by atoms with Crippen LogP contribution >= 0.6 is 0 Å². The molecule has 2 aliphatic rings. The van der Waals surface area contributed by atoms with Crippen LogP contribution in [0, 0.1) is 11.8 Å². The molecule has 1 amide bonds. The van der Waals surface area contributed by atoms with E-state index in [4.69, 9.17) is 33.2 Å². The molecule has 0 bridgehead atoms. The van der Waals surface area contributed by atoms with Crippen molar-refractivity contribution >= 4 is 41.9 Å². The Balaban J connectivity index is 2.10. The van der Waals surface area contributed by atoms with Crippen LogP contribution in [-0.2, 0) is 61.9 Å². The van der Waals surface area contributed by atoms with E-state index in [0.717, 1.165) is 154 Å². The largest absolute Gasteiger partial charge is 0.465 e. The van der Waals surface area contributed by atoms with Crippen molar-refractivity contribution in [3.8, 4) is 0 Å². The molecule has 2 saturated heterocycles. The van der Waals surface area contributed by atoms with Gasteiger partial charge in [0.2, 0.25) is 0 Å². The van der Waals surface area contributed by atoms with E-state index in [9.17, 15) is 33.6 Å². The lowest BCUT2D eigenvalue weighted by atomic mass is 10.1. The molecular formula is C60H106N2O14. The number of rotatable bonds is 47. The van der Waals surface area contributed by atoms with Gasteiger partial charge < -0.3 is 33.2 Å². The van der Waals surface area contributed by atoms with Crippen molar-refractivity contribution in [1.82, 2.24) is 9.80 Å². The van der Waals surface area contributed by atoms with Gasteiger partial charge in [-0.25, -0.2) is 4.79 Å². The van der Waals surface area contributed by atoms with Gasteiger partial charge in [0.1, 0.15) is 19.8 Å². The fraction of sp³-hybridized carbons (Fsp3) is 0.883. The van der Waals surface area contributed by atoms with E-state index in [1.807, 2.05) is 0 Å². The first-order valence-electron chi connectivity index (χ1n) is 30.6. The first-order chi connectivity index (χ1) is 37.0. The summed E-state index contributed by atoms with van der Waals surface area (Å²) in [6.07, 6.45) is 29.0. The molecule has 0 saturated carbocycles. The van der Waals surface area contributed by atoms with Crippen LogP contribution in [0.1, 0.15) is 252 Å². The van der Waals surface area contributed by atoms with Gasteiger partial charge in [0, 0.05) is 44.1 Å². The lowest BCUT2D eigenvalue weighted by molar-refractivity contribution is -0.155.